The zero-order valence-electron chi connectivity index (χ0n) is 24.4. The fourth-order valence-corrected chi connectivity index (χ4v) is 4.76. The molecule has 0 saturated heterocycles. The van der Waals surface area contributed by atoms with Crippen molar-refractivity contribution in [3.05, 3.63) is 88.4 Å². The number of aromatic nitrogens is 4. The predicted octanol–water partition coefficient (Wildman–Crippen LogP) is 2.23. The average molecular weight is 596 g/mol. The number of aliphatic carboxylic acids is 3. The SMILES string of the molecule is Cc1ccccc1CN(CCCn1ccnc1)Cc1ccc2c(c1)n(C)c(=O)n2C.O=C(O)CC(O)(CC(=O)O)C(=O)O. The lowest BCUT2D eigenvalue weighted by atomic mass is 9.96. The van der Waals surface area contributed by atoms with E-state index in [1.165, 1.54) is 16.7 Å². The van der Waals surface area contributed by atoms with Crippen LogP contribution in [0.1, 0.15) is 36.0 Å². The summed E-state index contributed by atoms with van der Waals surface area (Å²) in [5.74, 6) is -5.02. The van der Waals surface area contributed by atoms with Gasteiger partial charge in [-0.3, -0.25) is 23.6 Å². The maximum absolute atomic E-state index is 12.3. The van der Waals surface area contributed by atoms with Crippen molar-refractivity contribution >= 4 is 28.9 Å². The van der Waals surface area contributed by atoms with Crippen LogP contribution in [0, 0.1) is 6.92 Å². The van der Waals surface area contributed by atoms with Crippen LogP contribution < -0.4 is 5.69 Å². The van der Waals surface area contributed by atoms with E-state index in [4.69, 9.17) is 20.4 Å². The molecule has 0 saturated carbocycles. The highest BCUT2D eigenvalue weighted by Gasteiger charge is 2.40. The average Bonchev–Trinajstić information content (AvgIpc) is 3.52. The van der Waals surface area contributed by atoms with Gasteiger partial charge in [-0.2, -0.15) is 0 Å². The van der Waals surface area contributed by atoms with E-state index >= 15 is 0 Å². The van der Waals surface area contributed by atoms with Gasteiger partial charge in [0.25, 0.3) is 0 Å². The summed E-state index contributed by atoms with van der Waals surface area (Å²) in [4.78, 5) is 49.4. The van der Waals surface area contributed by atoms with Gasteiger partial charge in [0.05, 0.1) is 30.2 Å². The van der Waals surface area contributed by atoms with Crippen molar-refractivity contribution in [2.75, 3.05) is 6.54 Å². The highest BCUT2D eigenvalue weighted by molar-refractivity contribution is 5.88. The largest absolute Gasteiger partial charge is 0.481 e. The molecule has 0 spiro atoms. The van der Waals surface area contributed by atoms with Gasteiger partial charge in [0.15, 0.2) is 5.60 Å². The van der Waals surface area contributed by atoms with Gasteiger partial charge in [-0.15, -0.1) is 0 Å². The molecular formula is C30H37N5O8. The molecule has 0 atom stereocenters. The molecule has 0 aliphatic carbocycles. The fourth-order valence-electron chi connectivity index (χ4n) is 4.76. The van der Waals surface area contributed by atoms with E-state index in [2.05, 4.69) is 63.8 Å². The zero-order valence-corrected chi connectivity index (χ0v) is 24.4. The van der Waals surface area contributed by atoms with Crippen LogP contribution in [0.5, 0.6) is 0 Å². The number of hydrogen-bond donors (Lipinski definition) is 4. The Morgan fingerprint density at radius 3 is 2.16 bits per heavy atom. The van der Waals surface area contributed by atoms with Crippen LogP contribution in [0.3, 0.4) is 0 Å². The first-order valence-electron chi connectivity index (χ1n) is 13.6. The van der Waals surface area contributed by atoms with Gasteiger partial charge in [-0.1, -0.05) is 30.3 Å². The van der Waals surface area contributed by atoms with Gasteiger partial charge in [0.2, 0.25) is 0 Å². The third kappa shape index (κ3) is 8.87. The van der Waals surface area contributed by atoms with E-state index in [-0.39, 0.29) is 5.69 Å². The number of aryl methyl sites for hydroxylation is 4. The Hall–Kier alpha value is -4.75. The Kier molecular flexibility index (Phi) is 11.0. The number of imidazole rings is 2. The quantitative estimate of drug-likeness (QED) is 0.179. The van der Waals surface area contributed by atoms with Gasteiger partial charge in [0, 0.05) is 52.7 Å². The second kappa shape index (κ2) is 14.4. The molecule has 2 aromatic heterocycles. The number of carbonyl (C=O) groups is 3. The summed E-state index contributed by atoms with van der Waals surface area (Å²) >= 11 is 0. The molecule has 13 nitrogen and oxygen atoms in total. The lowest BCUT2D eigenvalue weighted by molar-refractivity contribution is -0.170. The molecule has 0 fully saturated rings. The summed E-state index contributed by atoms with van der Waals surface area (Å²) in [7, 11) is 3.66. The van der Waals surface area contributed by atoms with Crippen molar-refractivity contribution < 1.29 is 34.8 Å². The molecule has 0 aliphatic rings. The molecule has 2 aromatic carbocycles. The molecule has 13 heteroatoms. The molecule has 0 aliphatic heterocycles. The van der Waals surface area contributed by atoms with E-state index in [9.17, 15) is 19.2 Å². The lowest BCUT2D eigenvalue weighted by Crippen LogP contribution is -2.42. The highest BCUT2D eigenvalue weighted by Crippen LogP contribution is 2.19. The minimum atomic E-state index is -2.74. The fraction of sp³-hybridized carbons (Fsp3) is 0.367. The summed E-state index contributed by atoms with van der Waals surface area (Å²) in [5.41, 5.74) is 3.12. The number of fused-ring (bicyclic) bond motifs is 1. The van der Waals surface area contributed by atoms with E-state index < -0.39 is 36.4 Å². The summed E-state index contributed by atoms with van der Waals surface area (Å²) in [6, 6.07) is 14.9. The maximum atomic E-state index is 12.3. The first-order chi connectivity index (χ1) is 20.3. The van der Waals surface area contributed by atoms with Crippen LogP contribution in [-0.4, -0.2) is 74.1 Å². The third-order valence-electron chi connectivity index (χ3n) is 7.13. The van der Waals surface area contributed by atoms with Crippen LogP contribution >= 0.6 is 0 Å². The number of aliphatic hydroxyl groups is 1. The van der Waals surface area contributed by atoms with Gasteiger partial charge in [-0.25, -0.2) is 14.6 Å². The minimum absolute atomic E-state index is 0.0132. The number of rotatable bonds is 13. The van der Waals surface area contributed by atoms with Gasteiger partial charge in [-0.05, 0) is 42.2 Å². The zero-order chi connectivity index (χ0) is 31.7. The molecule has 4 aromatic rings. The smallest absolute Gasteiger partial charge is 0.336 e. The molecule has 4 rings (SSSR count). The van der Waals surface area contributed by atoms with Crippen LogP contribution in [-0.2, 0) is 48.1 Å². The van der Waals surface area contributed by atoms with Crippen molar-refractivity contribution in [1.82, 2.24) is 23.6 Å². The van der Waals surface area contributed by atoms with Gasteiger partial charge < -0.3 is 25.0 Å². The lowest BCUT2D eigenvalue weighted by Gasteiger charge is -2.24. The maximum Gasteiger partial charge on any atom is 0.336 e. The van der Waals surface area contributed by atoms with Crippen molar-refractivity contribution in [3.8, 4) is 0 Å². The first kappa shape index (κ1) is 32.8. The van der Waals surface area contributed by atoms with Gasteiger partial charge in [0.1, 0.15) is 0 Å². The molecule has 230 valence electrons. The molecular weight excluding hydrogens is 558 g/mol. The molecule has 43 heavy (non-hydrogen) atoms. The Bertz CT molecular complexity index is 1610. The molecule has 0 amide bonds. The molecule has 2 heterocycles. The molecule has 0 bridgehead atoms. The third-order valence-corrected chi connectivity index (χ3v) is 7.13. The number of hydrogen-bond acceptors (Lipinski definition) is 7. The monoisotopic (exact) mass is 595 g/mol. The molecule has 0 unspecified atom stereocenters. The van der Waals surface area contributed by atoms with E-state index in [0.29, 0.717) is 0 Å². The highest BCUT2D eigenvalue weighted by atomic mass is 16.4. The summed E-state index contributed by atoms with van der Waals surface area (Å²) in [6.07, 6.45) is 4.47. The van der Waals surface area contributed by atoms with Crippen molar-refractivity contribution in [2.24, 2.45) is 14.1 Å². The number of benzene rings is 2. The minimum Gasteiger partial charge on any atom is -0.481 e. The van der Waals surface area contributed by atoms with Crippen LogP contribution in [0.2, 0.25) is 0 Å². The Labute approximate surface area is 247 Å². The van der Waals surface area contributed by atoms with E-state index in [0.717, 1.165) is 43.6 Å². The number of carboxylic acids is 3. The Morgan fingerprint density at radius 2 is 1.58 bits per heavy atom. The van der Waals surface area contributed by atoms with Crippen LogP contribution in [0.15, 0.2) is 66.0 Å². The van der Waals surface area contributed by atoms with Crippen molar-refractivity contribution in [3.63, 3.8) is 0 Å². The summed E-state index contributed by atoms with van der Waals surface area (Å²) in [5, 5.41) is 33.8. The number of carboxylic acid groups (broad SMARTS) is 3. The van der Waals surface area contributed by atoms with E-state index in [1.54, 1.807) is 9.13 Å². The van der Waals surface area contributed by atoms with Crippen LogP contribution in [0.25, 0.3) is 11.0 Å². The summed E-state index contributed by atoms with van der Waals surface area (Å²) in [6.45, 7) is 5.86. The normalized spacial score (nSPS) is 11.4. The van der Waals surface area contributed by atoms with Gasteiger partial charge >= 0.3 is 23.6 Å². The Morgan fingerprint density at radius 1 is 0.930 bits per heavy atom. The van der Waals surface area contributed by atoms with Crippen molar-refractivity contribution in [1.29, 1.82) is 0 Å². The van der Waals surface area contributed by atoms with Crippen LogP contribution in [0.4, 0.5) is 0 Å². The Balaban J connectivity index is 0.000000331. The second-order valence-electron chi connectivity index (χ2n) is 10.5. The number of nitrogens with zero attached hydrogens (tertiary/aromatic N) is 5. The summed E-state index contributed by atoms with van der Waals surface area (Å²) < 4.78 is 5.55. The standard InChI is InChI=1S/C24H29N5O.C6H8O7/c1-19-7-4-5-8-21(19)17-29(13-6-12-28-14-11-25-18-28)16-20-9-10-22-23(15-20)27(3)24(30)26(22)2;7-3(8)1-6(13,5(11)12)2-4(9)10/h4-5,7-11,14-15,18H,6,12-13,16-17H2,1-3H3;13H,1-2H2,(H,7,8)(H,9,10)(H,11,12). The predicted molar refractivity (Wildman–Crippen MR) is 157 cm³/mol. The first-order valence-corrected chi connectivity index (χ1v) is 13.6. The topological polar surface area (TPSA) is 180 Å². The van der Waals surface area contributed by atoms with E-state index in [1.807, 2.05) is 32.8 Å². The molecule has 0 radical (unpaired) electrons. The van der Waals surface area contributed by atoms with Crippen molar-refractivity contribution in [2.45, 2.75) is 51.4 Å². The molecule has 4 N–H and O–H groups in total. The second-order valence-corrected chi connectivity index (χ2v) is 10.5.